The molecule has 0 spiro atoms. The predicted molar refractivity (Wildman–Crippen MR) is 215 cm³/mol. The van der Waals surface area contributed by atoms with Crippen molar-refractivity contribution < 1.29 is 32.6 Å². The van der Waals surface area contributed by atoms with E-state index in [-0.39, 0.29) is 70.0 Å². The minimum Gasteiger partial charge on any atom is -0.508 e. The summed E-state index contributed by atoms with van der Waals surface area (Å²) in [7, 11) is 0. The number of nitrogens with one attached hydrogen (secondary N) is 1. The molecule has 2 aromatic heterocycles. The Bertz CT molecular complexity index is 2290. The molecule has 2 amide bonds. The molecule has 4 aromatic rings. The van der Waals surface area contributed by atoms with Gasteiger partial charge >= 0.3 is 6.01 Å². The van der Waals surface area contributed by atoms with Gasteiger partial charge in [0.2, 0.25) is 11.8 Å². The molecule has 0 radical (unpaired) electrons. The first-order valence-electron chi connectivity index (χ1n) is 20.4. The largest absolute Gasteiger partial charge is 0.508 e. The van der Waals surface area contributed by atoms with Gasteiger partial charge in [0.05, 0.1) is 16.5 Å². The summed E-state index contributed by atoms with van der Waals surface area (Å²) in [5.41, 5.74) is -0.739. The first-order chi connectivity index (χ1) is 28.1. The molecule has 4 aliphatic heterocycles. The maximum absolute atomic E-state index is 17.1. The Morgan fingerprint density at radius 2 is 1.86 bits per heavy atom. The van der Waals surface area contributed by atoms with Crippen molar-refractivity contribution in [3.8, 4) is 35.4 Å². The number of hydrogen-bond donors (Lipinski definition) is 2. The highest BCUT2D eigenvalue weighted by molar-refractivity contribution is 6.03. The third-order valence-corrected chi connectivity index (χ3v) is 12.4. The van der Waals surface area contributed by atoms with Gasteiger partial charge in [-0.05, 0) is 74.7 Å². The van der Waals surface area contributed by atoms with Gasteiger partial charge in [-0.3, -0.25) is 19.5 Å². The number of hydrogen-bond acceptors (Lipinski definition) is 9. The zero-order valence-electron chi connectivity index (χ0n) is 32.5. The predicted octanol–water partition coefficient (Wildman–Crippen LogP) is 6.59. The second-order valence-electron chi connectivity index (χ2n) is 16.1. The number of carbonyl (C=O) groups is 2. The number of phenolic OH excluding ortho intramolecular Hbond substituents is 1. The molecule has 8 rings (SSSR count). The number of pyridine rings is 1. The fraction of sp³-hybridized carbons (Fsp3) is 0.477. The van der Waals surface area contributed by atoms with Crippen LogP contribution in [0.1, 0.15) is 76.2 Å². The van der Waals surface area contributed by atoms with Crippen LogP contribution in [0, 0.1) is 24.0 Å². The van der Waals surface area contributed by atoms with Gasteiger partial charge in [-0.25, -0.2) is 13.2 Å². The molecule has 304 valence electrons. The van der Waals surface area contributed by atoms with E-state index in [1.165, 1.54) is 36.5 Å². The second-order valence-corrected chi connectivity index (χ2v) is 16.1. The van der Waals surface area contributed by atoms with Crippen molar-refractivity contribution in [3.63, 3.8) is 0 Å². The van der Waals surface area contributed by atoms with E-state index in [2.05, 4.69) is 37.6 Å². The number of ether oxygens (including phenoxy) is 1. The standard InChI is InChI=1S/C44H48F3N7O4/c1-3-32-35(46)15-12-27-19-31(55)20-33(38(27)32)40-39(47)41-34(22-49-40)42(51-43(50-41)58-26-44-16-10-18-53(44)23-28(45)21-44)52-24-29-13-14-30(25-52)54(29)37(57)11-8-6-5-7-9-17-48-36(56)4-2/h1,4,12,15,19-20,22,28-30,55H,2,5-11,13-14,16-18,21,23-26H2,(H,48,56)/t28-,29?,30?,44+/m1/s1. The van der Waals surface area contributed by atoms with Gasteiger partial charge in [-0.15, -0.1) is 6.42 Å². The Labute approximate surface area is 335 Å². The molecule has 2 aromatic carbocycles. The fourth-order valence-corrected chi connectivity index (χ4v) is 9.74. The van der Waals surface area contributed by atoms with Crippen LogP contribution in [0.2, 0.25) is 0 Å². The highest BCUT2D eigenvalue weighted by atomic mass is 19.1. The molecule has 4 aliphatic rings. The van der Waals surface area contributed by atoms with Crippen LogP contribution in [0.5, 0.6) is 11.8 Å². The number of fused-ring (bicyclic) bond motifs is 5. The Morgan fingerprint density at radius 1 is 1.09 bits per heavy atom. The molecular weight excluding hydrogens is 748 g/mol. The first-order valence-corrected chi connectivity index (χ1v) is 20.4. The number of anilines is 1. The minimum absolute atomic E-state index is 0.0622. The van der Waals surface area contributed by atoms with Crippen molar-refractivity contribution in [2.75, 3.05) is 44.2 Å². The summed E-state index contributed by atoms with van der Waals surface area (Å²) in [6, 6.07) is 5.21. The molecule has 6 heterocycles. The lowest BCUT2D eigenvalue weighted by atomic mass is 9.95. The fourth-order valence-electron chi connectivity index (χ4n) is 9.74. The molecule has 0 aliphatic carbocycles. The molecule has 14 heteroatoms. The molecule has 0 saturated carbocycles. The number of rotatable bonds is 14. The Hall–Kier alpha value is -5.42. The molecule has 2 unspecified atom stereocenters. The first kappa shape index (κ1) is 39.4. The quantitative estimate of drug-likeness (QED) is 0.0827. The maximum Gasteiger partial charge on any atom is 0.319 e. The molecule has 58 heavy (non-hydrogen) atoms. The number of aromatic nitrogens is 3. The highest BCUT2D eigenvalue weighted by Crippen LogP contribution is 2.42. The van der Waals surface area contributed by atoms with E-state index in [0.29, 0.717) is 55.6 Å². The Kier molecular flexibility index (Phi) is 11.2. The summed E-state index contributed by atoms with van der Waals surface area (Å²) in [6.45, 7) is 6.27. The van der Waals surface area contributed by atoms with Gasteiger partial charge in [0.25, 0.3) is 0 Å². The van der Waals surface area contributed by atoms with Gasteiger partial charge < -0.3 is 25.0 Å². The van der Waals surface area contributed by atoms with Crippen molar-refractivity contribution in [2.45, 2.75) is 94.4 Å². The molecule has 4 saturated heterocycles. The zero-order valence-corrected chi connectivity index (χ0v) is 32.5. The second kappa shape index (κ2) is 16.4. The molecule has 4 fully saturated rings. The molecule has 11 nitrogen and oxygen atoms in total. The number of terminal acetylenes is 1. The van der Waals surface area contributed by atoms with Crippen molar-refractivity contribution in [3.05, 3.63) is 60.3 Å². The lowest BCUT2D eigenvalue weighted by Gasteiger charge is -2.42. The highest BCUT2D eigenvalue weighted by Gasteiger charge is 2.49. The van der Waals surface area contributed by atoms with E-state index < -0.39 is 23.3 Å². The number of benzene rings is 2. The lowest BCUT2D eigenvalue weighted by molar-refractivity contribution is -0.134. The molecule has 2 N–H and O–H groups in total. The van der Waals surface area contributed by atoms with E-state index in [1.54, 1.807) is 0 Å². The van der Waals surface area contributed by atoms with Gasteiger partial charge in [0.1, 0.15) is 41.4 Å². The third-order valence-electron chi connectivity index (χ3n) is 12.4. The van der Waals surface area contributed by atoms with Crippen molar-refractivity contribution >= 4 is 39.3 Å². The van der Waals surface area contributed by atoms with Crippen LogP contribution < -0.4 is 15.0 Å². The van der Waals surface area contributed by atoms with Crippen LogP contribution in [0.4, 0.5) is 19.0 Å². The average Bonchev–Trinajstić information content (AvgIpc) is 3.84. The van der Waals surface area contributed by atoms with Crippen LogP contribution in [0.3, 0.4) is 0 Å². The number of halogens is 3. The smallest absolute Gasteiger partial charge is 0.319 e. The minimum atomic E-state index is -0.963. The van der Waals surface area contributed by atoms with Crippen LogP contribution >= 0.6 is 0 Å². The van der Waals surface area contributed by atoms with E-state index >= 15 is 4.39 Å². The zero-order chi connectivity index (χ0) is 40.6. The van der Waals surface area contributed by atoms with E-state index in [9.17, 15) is 23.5 Å². The van der Waals surface area contributed by atoms with Gasteiger partial charge in [0, 0.05) is 68.3 Å². The third kappa shape index (κ3) is 7.52. The topological polar surface area (TPSA) is 124 Å². The van der Waals surface area contributed by atoms with Crippen molar-refractivity contribution in [1.82, 2.24) is 30.1 Å². The lowest BCUT2D eigenvalue weighted by Crippen LogP contribution is -2.56. The molecule has 4 atom stereocenters. The normalized spacial score (nSPS) is 22.7. The summed E-state index contributed by atoms with van der Waals surface area (Å²) >= 11 is 0. The van der Waals surface area contributed by atoms with Gasteiger partial charge in [-0.2, -0.15) is 9.97 Å². The van der Waals surface area contributed by atoms with Crippen LogP contribution in [-0.4, -0.2) is 105 Å². The summed E-state index contributed by atoms with van der Waals surface area (Å²) in [4.78, 5) is 45.1. The summed E-state index contributed by atoms with van der Waals surface area (Å²) in [6.07, 6.45) is 16.2. The number of carbonyl (C=O) groups excluding carboxylic acids is 2. The van der Waals surface area contributed by atoms with Crippen molar-refractivity contribution in [1.29, 1.82) is 0 Å². The van der Waals surface area contributed by atoms with E-state index in [1.807, 2.05) is 4.90 Å². The van der Waals surface area contributed by atoms with Crippen LogP contribution in [0.25, 0.3) is 32.9 Å². The number of phenols is 1. The number of nitrogens with zero attached hydrogens (tertiary/aromatic N) is 6. The van der Waals surface area contributed by atoms with E-state index in [0.717, 1.165) is 64.3 Å². The summed E-state index contributed by atoms with van der Waals surface area (Å²) < 4.78 is 53.1. The average molecular weight is 796 g/mol. The van der Waals surface area contributed by atoms with Gasteiger partial charge in [0.15, 0.2) is 5.82 Å². The van der Waals surface area contributed by atoms with Gasteiger partial charge in [-0.1, -0.05) is 37.8 Å². The van der Waals surface area contributed by atoms with Crippen molar-refractivity contribution in [2.24, 2.45) is 0 Å². The summed E-state index contributed by atoms with van der Waals surface area (Å²) in [5.74, 6) is 1.07. The van der Waals surface area contributed by atoms with Crippen LogP contribution in [0.15, 0.2) is 43.1 Å². The van der Waals surface area contributed by atoms with E-state index in [4.69, 9.17) is 16.1 Å². The molecular formula is C44H48F3N7O4. The number of alkyl halides is 1. The monoisotopic (exact) mass is 795 g/mol. The molecule has 2 bridgehead atoms. The Balaban J connectivity index is 1.07. The number of aromatic hydroxyl groups is 1. The number of piperazine rings is 1. The summed E-state index contributed by atoms with van der Waals surface area (Å²) in [5, 5.41) is 14.4. The number of unbranched alkanes of at least 4 members (excludes halogenated alkanes) is 4. The Morgan fingerprint density at radius 3 is 2.64 bits per heavy atom. The number of amides is 2. The van der Waals surface area contributed by atoms with Crippen LogP contribution in [-0.2, 0) is 9.59 Å². The SMILES string of the molecule is C#Cc1c(F)ccc2cc(O)cc(-c3ncc4c(N5CC6CCC(C5)N6C(=O)CCCCCCCNC(=O)C=C)nc(OC[C@@]56CCCN5C[C@H](F)C6)nc4c3F)c12. The maximum atomic E-state index is 17.1.